The van der Waals surface area contributed by atoms with E-state index in [1.165, 1.54) is 0 Å². The van der Waals surface area contributed by atoms with Gasteiger partial charge in [-0.1, -0.05) is 11.6 Å². The van der Waals surface area contributed by atoms with Crippen molar-refractivity contribution in [2.45, 2.75) is 32.8 Å². The summed E-state index contributed by atoms with van der Waals surface area (Å²) >= 11 is 6.14. The Kier molecular flexibility index (Phi) is 5.06. The van der Waals surface area contributed by atoms with Crippen LogP contribution in [0, 0.1) is 12.8 Å². The normalized spacial score (nSPS) is 21.0. The fourth-order valence-corrected chi connectivity index (χ4v) is 2.94. The summed E-state index contributed by atoms with van der Waals surface area (Å²) in [7, 11) is 1.77. The molecule has 1 aliphatic heterocycles. The van der Waals surface area contributed by atoms with Crippen LogP contribution in [0.5, 0.6) is 0 Å². The average molecular weight is 312 g/mol. The quantitative estimate of drug-likeness (QED) is 0.869. The summed E-state index contributed by atoms with van der Waals surface area (Å²) in [6, 6.07) is 0. The van der Waals surface area contributed by atoms with E-state index in [1.54, 1.807) is 35.7 Å². The number of amides is 1. The Labute approximate surface area is 130 Å². The van der Waals surface area contributed by atoms with E-state index in [2.05, 4.69) is 5.10 Å². The van der Waals surface area contributed by atoms with Gasteiger partial charge in [-0.2, -0.15) is 5.10 Å². The summed E-state index contributed by atoms with van der Waals surface area (Å²) in [5, 5.41) is 14.4. The molecule has 2 heterocycles. The number of carbonyl (C=O) groups excluding carboxylic acids is 1. The summed E-state index contributed by atoms with van der Waals surface area (Å²) < 4.78 is 1.59. The second-order valence-electron chi connectivity index (χ2n) is 5.67. The molecule has 6 heteroatoms. The van der Waals surface area contributed by atoms with E-state index in [-0.39, 0.29) is 17.9 Å². The molecule has 0 radical (unpaired) electrons. The van der Waals surface area contributed by atoms with Crippen LogP contribution in [0.4, 0.5) is 0 Å². The van der Waals surface area contributed by atoms with Crippen molar-refractivity contribution in [1.29, 1.82) is 0 Å². The summed E-state index contributed by atoms with van der Waals surface area (Å²) in [6.45, 7) is 5.00. The van der Waals surface area contributed by atoms with Gasteiger partial charge >= 0.3 is 0 Å². The van der Waals surface area contributed by atoms with Crippen LogP contribution in [0.3, 0.4) is 0 Å². The lowest BCUT2D eigenvalue weighted by molar-refractivity contribution is -0.128. The molecule has 1 saturated heterocycles. The largest absolute Gasteiger partial charge is 0.393 e. The molecule has 0 spiro atoms. The number of aryl methyl sites for hydroxylation is 2. The maximum atomic E-state index is 12.3. The predicted octanol–water partition coefficient (Wildman–Crippen LogP) is 2.01. The Bertz CT molecular complexity index is 551. The molecule has 5 nitrogen and oxygen atoms in total. The first-order valence-corrected chi connectivity index (χ1v) is 7.62. The molecular formula is C15H22ClN3O2. The van der Waals surface area contributed by atoms with Gasteiger partial charge in [0.05, 0.1) is 11.8 Å². The molecule has 116 valence electrons. The third-order valence-electron chi connectivity index (χ3n) is 4.04. The van der Waals surface area contributed by atoms with Gasteiger partial charge in [-0.05, 0) is 32.8 Å². The van der Waals surface area contributed by atoms with Gasteiger partial charge in [0.25, 0.3) is 0 Å². The maximum Gasteiger partial charge on any atom is 0.246 e. The van der Waals surface area contributed by atoms with Gasteiger partial charge in [-0.3, -0.25) is 9.48 Å². The number of piperidine rings is 1. The Morgan fingerprint density at radius 1 is 1.57 bits per heavy atom. The number of halogens is 1. The minimum absolute atomic E-state index is 0.0420. The molecule has 1 amide bonds. The van der Waals surface area contributed by atoms with Gasteiger partial charge in [-0.15, -0.1) is 0 Å². The summed E-state index contributed by atoms with van der Waals surface area (Å²) in [6.07, 6.45) is 4.79. The molecule has 2 unspecified atom stereocenters. The van der Waals surface area contributed by atoms with Crippen molar-refractivity contribution in [3.63, 3.8) is 0 Å². The van der Waals surface area contributed by atoms with Gasteiger partial charge in [0.15, 0.2) is 0 Å². The molecule has 0 bridgehead atoms. The zero-order valence-corrected chi connectivity index (χ0v) is 13.5. The lowest BCUT2D eigenvalue weighted by atomic mass is 9.93. The molecule has 1 aromatic rings. The van der Waals surface area contributed by atoms with Crippen LogP contribution in [0.1, 0.15) is 31.0 Å². The lowest BCUT2D eigenvalue weighted by Crippen LogP contribution is -2.42. The van der Waals surface area contributed by atoms with Crippen molar-refractivity contribution in [2.75, 3.05) is 13.1 Å². The number of rotatable bonds is 3. The Morgan fingerprint density at radius 2 is 2.29 bits per heavy atom. The number of carbonyl (C=O) groups is 1. The summed E-state index contributed by atoms with van der Waals surface area (Å²) in [5.41, 5.74) is 1.57. The van der Waals surface area contributed by atoms with Gasteiger partial charge < -0.3 is 10.0 Å². The third-order valence-corrected chi connectivity index (χ3v) is 4.49. The highest BCUT2D eigenvalue weighted by molar-refractivity contribution is 6.31. The van der Waals surface area contributed by atoms with Crippen molar-refractivity contribution in [2.24, 2.45) is 13.0 Å². The second-order valence-corrected chi connectivity index (χ2v) is 6.03. The Morgan fingerprint density at radius 3 is 2.86 bits per heavy atom. The summed E-state index contributed by atoms with van der Waals surface area (Å²) in [4.78, 5) is 14.0. The van der Waals surface area contributed by atoms with Gasteiger partial charge in [0, 0.05) is 37.7 Å². The van der Waals surface area contributed by atoms with Crippen LogP contribution in [0.2, 0.25) is 5.15 Å². The molecule has 1 N–H and O–H groups in total. The molecule has 1 aliphatic rings. The highest BCUT2D eigenvalue weighted by atomic mass is 35.5. The van der Waals surface area contributed by atoms with Crippen LogP contribution in [-0.2, 0) is 11.8 Å². The fourth-order valence-electron chi connectivity index (χ4n) is 2.70. The third kappa shape index (κ3) is 3.66. The van der Waals surface area contributed by atoms with E-state index in [0.29, 0.717) is 11.7 Å². The zero-order chi connectivity index (χ0) is 15.6. The number of nitrogens with zero attached hydrogens (tertiary/aromatic N) is 3. The van der Waals surface area contributed by atoms with Crippen molar-refractivity contribution in [1.82, 2.24) is 14.7 Å². The first-order valence-electron chi connectivity index (χ1n) is 7.24. The molecule has 0 aliphatic carbocycles. The van der Waals surface area contributed by atoms with Crippen LogP contribution < -0.4 is 0 Å². The van der Waals surface area contributed by atoms with Crippen molar-refractivity contribution < 1.29 is 9.90 Å². The monoisotopic (exact) mass is 311 g/mol. The van der Waals surface area contributed by atoms with Crippen molar-refractivity contribution >= 4 is 23.6 Å². The minimum Gasteiger partial charge on any atom is -0.393 e. The van der Waals surface area contributed by atoms with Crippen molar-refractivity contribution in [3.05, 3.63) is 22.5 Å². The van der Waals surface area contributed by atoms with E-state index >= 15 is 0 Å². The van der Waals surface area contributed by atoms with Crippen LogP contribution >= 0.6 is 11.6 Å². The maximum absolute atomic E-state index is 12.3. The molecular weight excluding hydrogens is 290 g/mol. The Hall–Kier alpha value is -1.33. The van der Waals surface area contributed by atoms with E-state index in [1.807, 2.05) is 6.92 Å². The SMILES string of the molecule is Cc1nn(C)c(Cl)c1/C=C/C(=O)N1CCCC(C(C)O)C1. The fraction of sp³-hybridized carbons (Fsp3) is 0.600. The molecule has 1 fully saturated rings. The highest BCUT2D eigenvalue weighted by Gasteiger charge is 2.25. The first kappa shape index (κ1) is 16.0. The number of aliphatic hydroxyl groups is 1. The number of hydrogen-bond acceptors (Lipinski definition) is 3. The second kappa shape index (κ2) is 6.62. The molecule has 0 saturated carbocycles. The van der Waals surface area contributed by atoms with E-state index < -0.39 is 0 Å². The van der Waals surface area contributed by atoms with E-state index in [4.69, 9.17) is 11.6 Å². The van der Waals surface area contributed by atoms with Gasteiger partial charge in [0.2, 0.25) is 5.91 Å². The van der Waals surface area contributed by atoms with Crippen LogP contribution in [-0.4, -0.2) is 44.9 Å². The van der Waals surface area contributed by atoms with Gasteiger partial charge in [-0.25, -0.2) is 0 Å². The average Bonchev–Trinajstić information content (AvgIpc) is 2.70. The molecule has 0 aromatic carbocycles. The number of aromatic nitrogens is 2. The molecule has 2 rings (SSSR count). The number of likely N-dealkylation sites (tertiary alicyclic amines) is 1. The van der Waals surface area contributed by atoms with Crippen LogP contribution in [0.25, 0.3) is 6.08 Å². The summed E-state index contributed by atoms with van der Waals surface area (Å²) in [5.74, 6) is 0.125. The zero-order valence-electron chi connectivity index (χ0n) is 12.7. The van der Waals surface area contributed by atoms with Crippen molar-refractivity contribution in [3.8, 4) is 0 Å². The van der Waals surface area contributed by atoms with E-state index in [9.17, 15) is 9.90 Å². The predicted molar refractivity (Wildman–Crippen MR) is 83.0 cm³/mol. The standard InChI is InChI=1S/C15H22ClN3O2/c1-10-13(15(16)18(3)17-10)6-7-14(21)19-8-4-5-12(9-19)11(2)20/h6-7,11-12,20H,4-5,8-9H2,1-3H3/b7-6+. The number of hydrogen-bond donors (Lipinski definition) is 1. The molecule has 1 aromatic heterocycles. The highest BCUT2D eigenvalue weighted by Crippen LogP contribution is 2.22. The number of aliphatic hydroxyl groups excluding tert-OH is 1. The Balaban J connectivity index is 2.05. The smallest absolute Gasteiger partial charge is 0.246 e. The topological polar surface area (TPSA) is 58.4 Å². The van der Waals surface area contributed by atoms with Crippen LogP contribution in [0.15, 0.2) is 6.08 Å². The lowest BCUT2D eigenvalue weighted by Gasteiger charge is -2.33. The molecule has 21 heavy (non-hydrogen) atoms. The van der Waals surface area contributed by atoms with E-state index in [0.717, 1.165) is 30.6 Å². The minimum atomic E-state index is -0.375. The van der Waals surface area contributed by atoms with Gasteiger partial charge in [0.1, 0.15) is 5.15 Å². The molecule has 2 atom stereocenters. The first-order chi connectivity index (χ1) is 9.90.